The number of para-hydroxylation sites is 2. The first kappa shape index (κ1) is 22.0. The summed E-state index contributed by atoms with van der Waals surface area (Å²) in [6.07, 6.45) is 0. The van der Waals surface area contributed by atoms with Gasteiger partial charge in [0.2, 0.25) is 0 Å². The SMILES string of the molecule is CC1(C)OB(c2ccc3c(c2)Sc2ccccc2N3c2ccc3oc4ccccc4c3c2)OC1(C)C. The van der Waals surface area contributed by atoms with Crippen molar-refractivity contribution in [2.45, 2.75) is 48.7 Å². The number of anilines is 3. The third kappa shape index (κ3) is 3.25. The highest BCUT2D eigenvalue weighted by Gasteiger charge is 2.51. The van der Waals surface area contributed by atoms with Gasteiger partial charge >= 0.3 is 7.12 Å². The zero-order chi connectivity index (χ0) is 24.7. The van der Waals surface area contributed by atoms with Crippen LogP contribution in [0.4, 0.5) is 17.1 Å². The van der Waals surface area contributed by atoms with Gasteiger partial charge in [-0.15, -0.1) is 0 Å². The molecule has 4 aromatic carbocycles. The van der Waals surface area contributed by atoms with Crippen LogP contribution in [0.1, 0.15) is 27.7 Å². The van der Waals surface area contributed by atoms with Crippen LogP contribution in [0.3, 0.4) is 0 Å². The van der Waals surface area contributed by atoms with Crippen molar-refractivity contribution in [3.05, 3.63) is 84.9 Å². The fraction of sp³-hybridized carbons (Fsp3) is 0.200. The van der Waals surface area contributed by atoms with Gasteiger partial charge < -0.3 is 18.6 Å². The molecule has 1 fully saturated rings. The number of benzene rings is 4. The van der Waals surface area contributed by atoms with Crippen LogP contribution in [0.5, 0.6) is 0 Å². The van der Waals surface area contributed by atoms with Gasteiger partial charge in [0.1, 0.15) is 11.2 Å². The van der Waals surface area contributed by atoms with Crippen LogP contribution >= 0.6 is 11.8 Å². The predicted molar refractivity (Wildman–Crippen MR) is 148 cm³/mol. The van der Waals surface area contributed by atoms with E-state index in [4.69, 9.17) is 13.7 Å². The Morgan fingerprint density at radius 2 is 1.36 bits per heavy atom. The molecule has 0 N–H and O–H groups in total. The minimum atomic E-state index is -0.389. The Labute approximate surface area is 215 Å². The fourth-order valence-electron chi connectivity index (χ4n) is 5.03. The molecule has 178 valence electrons. The summed E-state index contributed by atoms with van der Waals surface area (Å²) in [5.41, 5.74) is 5.52. The van der Waals surface area contributed by atoms with Gasteiger partial charge in [-0.1, -0.05) is 48.2 Å². The van der Waals surface area contributed by atoms with E-state index < -0.39 is 0 Å². The van der Waals surface area contributed by atoms with E-state index in [1.54, 1.807) is 11.8 Å². The molecule has 2 aliphatic rings. The summed E-state index contributed by atoms with van der Waals surface area (Å²) < 4.78 is 18.8. The molecule has 4 nitrogen and oxygen atoms in total. The molecule has 5 aromatic rings. The van der Waals surface area contributed by atoms with E-state index in [0.717, 1.165) is 38.8 Å². The summed E-state index contributed by atoms with van der Waals surface area (Å²) in [5, 5.41) is 2.25. The third-order valence-electron chi connectivity index (χ3n) is 7.69. The van der Waals surface area contributed by atoms with Crippen LogP contribution in [-0.2, 0) is 9.31 Å². The Bertz CT molecular complexity index is 1640. The van der Waals surface area contributed by atoms with E-state index in [-0.39, 0.29) is 18.3 Å². The molecule has 2 aliphatic heterocycles. The Morgan fingerprint density at radius 1 is 0.667 bits per heavy atom. The summed E-state index contributed by atoms with van der Waals surface area (Å²) >= 11 is 1.79. The Kier molecular flexibility index (Phi) is 4.69. The van der Waals surface area contributed by atoms with Crippen molar-refractivity contribution >= 4 is 63.3 Å². The van der Waals surface area contributed by atoms with Crippen LogP contribution in [0.15, 0.2) is 99.1 Å². The molecule has 0 bridgehead atoms. The molecule has 1 aromatic heterocycles. The lowest BCUT2D eigenvalue weighted by Crippen LogP contribution is -2.41. The molecule has 0 amide bonds. The van der Waals surface area contributed by atoms with Crippen molar-refractivity contribution < 1.29 is 13.7 Å². The van der Waals surface area contributed by atoms with E-state index in [2.05, 4.69) is 105 Å². The van der Waals surface area contributed by atoms with E-state index >= 15 is 0 Å². The highest BCUT2D eigenvalue weighted by Crippen LogP contribution is 2.51. The lowest BCUT2D eigenvalue weighted by molar-refractivity contribution is 0.00578. The zero-order valence-corrected chi connectivity index (χ0v) is 21.6. The van der Waals surface area contributed by atoms with E-state index in [0.29, 0.717) is 0 Å². The first-order valence-electron chi connectivity index (χ1n) is 12.3. The summed E-state index contributed by atoms with van der Waals surface area (Å²) in [6.45, 7) is 8.36. The first-order chi connectivity index (χ1) is 17.3. The molecule has 0 unspecified atom stereocenters. The summed E-state index contributed by atoms with van der Waals surface area (Å²) in [6, 6.07) is 29.8. The minimum Gasteiger partial charge on any atom is -0.456 e. The van der Waals surface area contributed by atoms with Gasteiger partial charge in [-0.25, -0.2) is 0 Å². The van der Waals surface area contributed by atoms with Crippen molar-refractivity contribution in [2.24, 2.45) is 0 Å². The molecule has 3 heterocycles. The Hall–Kier alpha value is -3.19. The Balaban J connectivity index is 1.36. The van der Waals surface area contributed by atoms with Crippen molar-refractivity contribution in [1.29, 1.82) is 0 Å². The molecule has 0 radical (unpaired) electrons. The van der Waals surface area contributed by atoms with Gasteiger partial charge in [-0.2, -0.15) is 0 Å². The van der Waals surface area contributed by atoms with Crippen LogP contribution in [-0.4, -0.2) is 18.3 Å². The van der Waals surface area contributed by atoms with Crippen LogP contribution in [0.2, 0.25) is 0 Å². The average Bonchev–Trinajstić information content (AvgIpc) is 3.34. The quantitative estimate of drug-likeness (QED) is 0.231. The highest BCUT2D eigenvalue weighted by atomic mass is 32.2. The zero-order valence-electron chi connectivity index (χ0n) is 20.7. The molecule has 1 saturated heterocycles. The summed E-state index contributed by atoms with van der Waals surface area (Å²) in [5.74, 6) is 0. The van der Waals surface area contributed by atoms with Gasteiger partial charge in [0.15, 0.2) is 0 Å². The largest absolute Gasteiger partial charge is 0.494 e. The molecular formula is C30H26BNO3S. The third-order valence-corrected chi connectivity index (χ3v) is 8.81. The van der Waals surface area contributed by atoms with E-state index in [1.807, 2.05) is 12.1 Å². The van der Waals surface area contributed by atoms with Gasteiger partial charge in [-0.05, 0) is 81.7 Å². The molecular weight excluding hydrogens is 465 g/mol. The second kappa shape index (κ2) is 7.66. The van der Waals surface area contributed by atoms with Gasteiger partial charge in [0.25, 0.3) is 0 Å². The van der Waals surface area contributed by atoms with Crippen molar-refractivity contribution in [1.82, 2.24) is 0 Å². The molecule has 0 spiro atoms. The summed E-state index contributed by atoms with van der Waals surface area (Å²) in [7, 11) is -0.389. The molecule has 36 heavy (non-hydrogen) atoms. The highest BCUT2D eigenvalue weighted by molar-refractivity contribution is 7.99. The molecule has 7 rings (SSSR count). The molecule has 0 atom stereocenters. The second-order valence-corrected chi connectivity index (χ2v) is 11.6. The average molecular weight is 491 g/mol. The number of rotatable bonds is 2. The van der Waals surface area contributed by atoms with Crippen LogP contribution in [0, 0.1) is 0 Å². The van der Waals surface area contributed by atoms with Crippen molar-refractivity contribution in [3.63, 3.8) is 0 Å². The monoisotopic (exact) mass is 491 g/mol. The van der Waals surface area contributed by atoms with Gasteiger partial charge in [-0.3, -0.25) is 0 Å². The molecule has 6 heteroatoms. The second-order valence-electron chi connectivity index (χ2n) is 10.5. The minimum absolute atomic E-state index is 0.373. The first-order valence-corrected chi connectivity index (χ1v) is 13.1. The van der Waals surface area contributed by atoms with Crippen molar-refractivity contribution in [2.75, 3.05) is 4.90 Å². The van der Waals surface area contributed by atoms with Crippen molar-refractivity contribution in [3.8, 4) is 0 Å². The normalized spacial score (nSPS) is 18.0. The smallest absolute Gasteiger partial charge is 0.456 e. The lowest BCUT2D eigenvalue weighted by atomic mass is 9.79. The Morgan fingerprint density at radius 3 is 2.19 bits per heavy atom. The maximum atomic E-state index is 6.35. The number of furan rings is 1. The molecule has 0 saturated carbocycles. The van der Waals surface area contributed by atoms with Crippen LogP contribution < -0.4 is 10.4 Å². The lowest BCUT2D eigenvalue weighted by Gasteiger charge is -2.33. The maximum Gasteiger partial charge on any atom is 0.494 e. The van der Waals surface area contributed by atoms with E-state index in [9.17, 15) is 0 Å². The number of fused-ring (bicyclic) bond motifs is 5. The standard InChI is InChI=1S/C30H26BNO3S/c1-29(2)30(3,4)35-31(34-29)19-13-15-24-28(17-19)36-27-12-8-6-10-23(27)32(24)20-14-16-26-22(18-20)21-9-5-7-11-25(21)33-26/h5-18H,1-4H3. The summed E-state index contributed by atoms with van der Waals surface area (Å²) in [4.78, 5) is 4.74. The van der Waals surface area contributed by atoms with Gasteiger partial charge in [0.05, 0.1) is 22.6 Å². The van der Waals surface area contributed by atoms with E-state index in [1.165, 1.54) is 15.5 Å². The number of nitrogens with zero attached hydrogens (tertiary/aromatic N) is 1. The number of hydrogen-bond acceptors (Lipinski definition) is 5. The topological polar surface area (TPSA) is 34.8 Å². The number of hydrogen-bond donors (Lipinski definition) is 0. The predicted octanol–water partition coefficient (Wildman–Crippen LogP) is 7.82. The maximum absolute atomic E-state index is 6.35. The van der Waals surface area contributed by atoms with Gasteiger partial charge in [0, 0.05) is 26.3 Å². The van der Waals surface area contributed by atoms with Crippen LogP contribution in [0.25, 0.3) is 21.9 Å². The molecule has 0 aliphatic carbocycles. The fourth-order valence-corrected chi connectivity index (χ4v) is 6.14.